The fourth-order valence-corrected chi connectivity index (χ4v) is 3.10. The predicted octanol–water partition coefficient (Wildman–Crippen LogP) is -2.84. The Labute approximate surface area is 121 Å². The maximum atomic E-state index is 12.0. The number of tetrazole rings is 1. The van der Waals surface area contributed by atoms with E-state index in [1.54, 1.807) is 6.92 Å². The molecule has 11 heteroatoms. The van der Waals surface area contributed by atoms with Gasteiger partial charge in [-0.15, -0.1) is 5.10 Å². The van der Waals surface area contributed by atoms with Crippen LogP contribution >= 0.6 is 0 Å². The highest BCUT2D eigenvalue weighted by Gasteiger charge is 2.66. The standard InChI is InChI=1S/C11H12N6O5/c1-4-2-16(10(21)12-7(4)20)8-5-6(19)11(3-18,22-8)9-13-14-15-17(5)9/h2,5-6,8,18-19H,3H2,1H3,(H,12,20,21)/t5-,6?,8+,11+/m0/s1. The Morgan fingerprint density at radius 1 is 1.50 bits per heavy atom. The number of aliphatic hydroxyl groups excluding tert-OH is 2. The summed E-state index contributed by atoms with van der Waals surface area (Å²) in [5.74, 6) is 0.206. The number of hydrogen-bond donors (Lipinski definition) is 3. The number of hydrogen-bond acceptors (Lipinski definition) is 8. The van der Waals surface area contributed by atoms with E-state index in [2.05, 4.69) is 20.5 Å². The Morgan fingerprint density at radius 2 is 2.27 bits per heavy atom. The van der Waals surface area contributed by atoms with Crippen LogP contribution in [0.25, 0.3) is 0 Å². The van der Waals surface area contributed by atoms with Gasteiger partial charge in [0.05, 0.1) is 6.61 Å². The molecule has 116 valence electrons. The van der Waals surface area contributed by atoms with Gasteiger partial charge in [0.15, 0.2) is 17.7 Å². The number of nitrogens with zero attached hydrogens (tertiary/aromatic N) is 5. The second kappa shape index (κ2) is 4.09. The van der Waals surface area contributed by atoms with Crippen LogP contribution in [0.4, 0.5) is 0 Å². The Kier molecular flexibility index (Phi) is 2.47. The van der Waals surface area contributed by atoms with Crippen molar-refractivity contribution in [3.8, 4) is 0 Å². The molecule has 1 unspecified atom stereocenters. The average Bonchev–Trinajstić information content (AvgIpc) is 3.12. The van der Waals surface area contributed by atoms with E-state index < -0.39 is 41.8 Å². The van der Waals surface area contributed by atoms with Crippen molar-refractivity contribution in [1.29, 1.82) is 0 Å². The number of fused-ring (bicyclic) bond motifs is 5. The normalized spacial score (nSPS) is 32.4. The molecule has 22 heavy (non-hydrogen) atoms. The second-order valence-corrected chi connectivity index (χ2v) is 5.42. The molecule has 4 heterocycles. The van der Waals surface area contributed by atoms with E-state index in [4.69, 9.17) is 4.74 Å². The summed E-state index contributed by atoms with van der Waals surface area (Å²) in [4.78, 5) is 25.7. The minimum absolute atomic E-state index is 0.206. The molecule has 0 aliphatic carbocycles. The van der Waals surface area contributed by atoms with Gasteiger partial charge in [-0.05, 0) is 17.4 Å². The van der Waals surface area contributed by atoms with Gasteiger partial charge in [0.1, 0.15) is 12.1 Å². The van der Waals surface area contributed by atoms with E-state index in [9.17, 15) is 19.8 Å². The molecule has 0 spiro atoms. The molecule has 1 fully saturated rings. The fourth-order valence-electron chi connectivity index (χ4n) is 3.10. The van der Waals surface area contributed by atoms with Crippen LogP contribution in [-0.4, -0.2) is 52.7 Å². The van der Waals surface area contributed by atoms with E-state index >= 15 is 0 Å². The van der Waals surface area contributed by atoms with Gasteiger partial charge in [-0.1, -0.05) is 0 Å². The van der Waals surface area contributed by atoms with Crippen LogP contribution in [0.1, 0.15) is 23.7 Å². The number of aliphatic hydroxyl groups is 2. The molecule has 2 bridgehead atoms. The van der Waals surface area contributed by atoms with E-state index in [1.807, 2.05) is 0 Å². The minimum Gasteiger partial charge on any atom is -0.393 e. The van der Waals surface area contributed by atoms with E-state index in [1.165, 1.54) is 10.9 Å². The monoisotopic (exact) mass is 308 g/mol. The lowest BCUT2D eigenvalue weighted by Crippen LogP contribution is -2.41. The number of aromatic nitrogens is 6. The van der Waals surface area contributed by atoms with Gasteiger partial charge in [0, 0.05) is 11.8 Å². The van der Waals surface area contributed by atoms with Crippen LogP contribution in [0.5, 0.6) is 0 Å². The van der Waals surface area contributed by atoms with Crippen molar-refractivity contribution in [2.45, 2.75) is 30.9 Å². The number of H-pyrrole nitrogens is 1. The Hall–Kier alpha value is -2.37. The summed E-state index contributed by atoms with van der Waals surface area (Å²) >= 11 is 0. The number of aromatic amines is 1. The molecule has 0 aromatic carbocycles. The lowest BCUT2D eigenvalue weighted by Gasteiger charge is -2.28. The van der Waals surface area contributed by atoms with Crippen LogP contribution in [0.3, 0.4) is 0 Å². The summed E-state index contributed by atoms with van der Waals surface area (Å²) in [6.45, 7) is 1.00. The predicted molar refractivity (Wildman–Crippen MR) is 67.8 cm³/mol. The highest BCUT2D eigenvalue weighted by Crippen LogP contribution is 2.54. The first-order valence-corrected chi connectivity index (χ1v) is 6.57. The summed E-state index contributed by atoms with van der Waals surface area (Å²) in [6.07, 6.45) is -0.741. The Morgan fingerprint density at radius 3 is 3.00 bits per heavy atom. The molecule has 11 nitrogen and oxygen atoms in total. The molecule has 2 aromatic heterocycles. The van der Waals surface area contributed by atoms with Crippen LogP contribution in [-0.2, 0) is 10.3 Å². The molecule has 3 N–H and O–H groups in total. The van der Waals surface area contributed by atoms with Crippen LogP contribution < -0.4 is 11.2 Å². The molecule has 0 amide bonds. The zero-order chi connectivity index (χ0) is 15.6. The molecule has 0 radical (unpaired) electrons. The van der Waals surface area contributed by atoms with Crippen molar-refractivity contribution in [3.63, 3.8) is 0 Å². The van der Waals surface area contributed by atoms with Gasteiger partial charge in [0.25, 0.3) is 5.56 Å². The van der Waals surface area contributed by atoms with Crippen molar-refractivity contribution in [3.05, 3.63) is 38.4 Å². The van der Waals surface area contributed by atoms with E-state index in [-0.39, 0.29) is 5.82 Å². The summed E-state index contributed by atoms with van der Waals surface area (Å²) in [7, 11) is 0. The highest BCUT2D eigenvalue weighted by molar-refractivity contribution is 5.20. The summed E-state index contributed by atoms with van der Waals surface area (Å²) in [5, 5.41) is 31.2. The summed E-state index contributed by atoms with van der Waals surface area (Å²) in [5.41, 5.74) is -2.34. The smallest absolute Gasteiger partial charge is 0.330 e. The summed E-state index contributed by atoms with van der Waals surface area (Å²) in [6, 6.07) is -0.778. The van der Waals surface area contributed by atoms with Crippen molar-refractivity contribution < 1.29 is 14.9 Å². The zero-order valence-corrected chi connectivity index (χ0v) is 11.4. The van der Waals surface area contributed by atoms with Crippen LogP contribution in [0.15, 0.2) is 15.8 Å². The van der Waals surface area contributed by atoms with Gasteiger partial charge in [0.2, 0.25) is 0 Å². The van der Waals surface area contributed by atoms with Gasteiger partial charge in [-0.3, -0.25) is 14.3 Å². The largest absolute Gasteiger partial charge is 0.393 e. The second-order valence-electron chi connectivity index (χ2n) is 5.42. The quantitative estimate of drug-likeness (QED) is 0.537. The zero-order valence-electron chi connectivity index (χ0n) is 11.4. The third-order valence-corrected chi connectivity index (χ3v) is 4.23. The molecule has 4 atom stereocenters. The minimum atomic E-state index is -1.48. The van der Waals surface area contributed by atoms with Gasteiger partial charge in [-0.25, -0.2) is 9.48 Å². The maximum Gasteiger partial charge on any atom is 0.330 e. The lowest BCUT2D eigenvalue weighted by molar-refractivity contribution is -0.146. The molecular weight excluding hydrogens is 296 g/mol. The maximum absolute atomic E-state index is 12.0. The van der Waals surface area contributed by atoms with Crippen molar-refractivity contribution in [1.82, 2.24) is 29.8 Å². The van der Waals surface area contributed by atoms with E-state index in [0.29, 0.717) is 5.56 Å². The number of ether oxygens (including phenoxy) is 1. The van der Waals surface area contributed by atoms with Crippen molar-refractivity contribution in [2.24, 2.45) is 0 Å². The Bertz CT molecular complexity index is 870. The molecule has 4 rings (SSSR count). The molecule has 2 aliphatic rings. The van der Waals surface area contributed by atoms with Gasteiger partial charge in [-0.2, -0.15) is 0 Å². The number of aryl methyl sites for hydroxylation is 1. The van der Waals surface area contributed by atoms with E-state index in [0.717, 1.165) is 4.57 Å². The molecule has 2 aromatic rings. The topological polar surface area (TPSA) is 148 Å². The highest BCUT2D eigenvalue weighted by atomic mass is 16.6. The van der Waals surface area contributed by atoms with Crippen LogP contribution in [0.2, 0.25) is 0 Å². The third-order valence-electron chi connectivity index (χ3n) is 4.23. The Balaban J connectivity index is 1.90. The first kappa shape index (κ1) is 13.3. The SMILES string of the molecule is Cc1cn([C@@H]2O[C@@]3(CO)c4nnnn4[C@H]2C3O)c(=O)[nH]c1=O. The van der Waals surface area contributed by atoms with Gasteiger partial charge >= 0.3 is 5.69 Å². The summed E-state index contributed by atoms with van der Waals surface area (Å²) < 4.78 is 8.23. The average molecular weight is 308 g/mol. The lowest BCUT2D eigenvalue weighted by atomic mass is 9.99. The molecule has 0 saturated carbocycles. The molecule has 1 saturated heterocycles. The molecular formula is C11H12N6O5. The first-order valence-electron chi connectivity index (χ1n) is 6.57. The fraction of sp³-hybridized carbons (Fsp3) is 0.545. The van der Waals surface area contributed by atoms with Crippen molar-refractivity contribution >= 4 is 0 Å². The third kappa shape index (κ3) is 1.37. The first-order chi connectivity index (χ1) is 10.5. The number of rotatable bonds is 2. The number of nitrogens with one attached hydrogen (secondary N) is 1. The molecule has 2 aliphatic heterocycles. The van der Waals surface area contributed by atoms with Crippen molar-refractivity contribution in [2.75, 3.05) is 6.61 Å². The van der Waals surface area contributed by atoms with Crippen LogP contribution in [0, 0.1) is 6.92 Å². The van der Waals surface area contributed by atoms with Gasteiger partial charge < -0.3 is 14.9 Å².